The molecule has 0 spiro atoms. The monoisotopic (exact) mass is 369 g/mol. The van der Waals surface area contributed by atoms with Gasteiger partial charge in [-0.1, -0.05) is 43.7 Å². The van der Waals surface area contributed by atoms with Crippen molar-refractivity contribution in [3.05, 3.63) is 82.4 Å². The van der Waals surface area contributed by atoms with Gasteiger partial charge in [-0.2, -0.15) is 0 Å². The van der Waals surface area contributed by atoms with Gasteiger partial charge in [0, 0.05) is 22.9 Å². The maximum absolute atomic E-state index is 12.1. The van der Waals surface area contributed by atoms with E-state index in [9.17, 15) is 4.79 Å². The average Bonchev–Trinajstić information content (AvgIpc) is 2.98. The first-order chi connectivity index (χ1) is 13.5. The maximum atomic E-state index is 12.1. The summed E-state index contributed by atoms with van der Waals surface area (Å²) in [7, 11) is 0. The second kappa shape index (κ2) is 7.16. The number of rotatable bonds is 5. The molecular formula is C25H25N2O. The van der Waals surface area contributed by atoms with E-state index < -0.39 is 5.91 Å². The summed E-state index contributed by atoms with van der Waals surface area (Å²) in [6, 6.07) is 19.9. The third kappa shape index (κ3) is 2.97. The number of aromatic nitrogens is 1. The van der Waals surface area contributed by atoms with Crippen molar-refractivity contribution in [1.29, 1.82) is 0 Å². The molecule has 3 nitrogen and oxygen atoms in total. The number of hydrogen-bond donors (Lipinski definition) is 1. The number of carbonyl (C=O) groups excluding carboxylic acids is 1. The van der Waals surface area contributed by atoms with Gasteiger partial charge in [-0.3, -0.25) is 4.79 Å². The molecule has 1 aromatic heterocycles. The molecule has 28 heavy (non-hydrogen) atoms. The second-order valence-electron chi connectivity index (χ2n) is 7.54. The summed E-state index contributed by atoms with van der Waals surface area (Å²) in [5.41, 5.74) is 13.5. The summed E-state index contributed by atoms with van der Waals surface area (Å²) < 4.78 is 2.31. The number of aryl methyl sites for hydroxylation is 3. The molecule has 1 amide bonds. The maximum Gasteiger partial charge on any atom is 0.249 e. The quantitative estimate of drug-likeness (QED) is 0.509. The summed E-state index contributed by atoms with van der Waals surface area (Å²) in [4.78, 5) is 12.1. The van der Waals surface area contributed by atoms with Gasteiger partial charge in [0.15, 0.2) is 0 Å². The molecule has 0 fully saturated rings. The van der Waals surface area contributed by atoms with Crippen LogP contribution in [0.15, 0.2) is 48.5 Å². The van der Waals surface area contributed by atoms with E-state index in [1.54, 1.807) is 6.07 Å². The Morgan fingerprint density at radius 1 is 1.07 bits per heavy atom. The lowest BCUT2D eigenvalue weighted by Crippen LogP contribution is -2.11. The van der Waals surface area contributed by atoms with Gasteiger partial charge in [0.1, 0.15) is 0 Å². The molecule has 3 aromatic carbocycles. The summed E-state index contributed by atoms with van der Waals surface area (Å²) in [5, 5.41) is 1.87. The molecule has 1 radical (unpaired) electrons. The van der Waals surface area contributed by atoms with Crippen LogP contribution in [-0.2, 0) is 13.0 Å². The Labute approximate surface area is 165 Å². The standard InChI is InChI=1S/C25H25N2O/c1-4-7-18-12-13-19-23(14-18)27(15-21-16(2)8-5-9-17(21)3)22-11-6-10-20(24(19)22)25(26)28/h5-6,8-12,14H,4,7,15H2,1-3H3,(H2,26,28). The van der Waals surface area contributed by atoms with Crippen LogP contribution >= 0.6 is 0 Å². The summed E-state index contributed by atoms with van der Waals surface area (Å²) in [6.45, 7) is 7.24. The van der Waals surface area contributed by atoms with Crippen LogP contribution in [-0.4, -0.2) is 10.5 Å². The van der Waals surface area contributed by atoms with Gasteiger partial charge in [-0.25, -0.2) is 0 Å². The highest BCUT2D eigenvalue weighted by Crippen LogP contribution is 2.33. The minimum Gasteiger partial charge on any atom is -0.366 e. The predicted molar refractivity (Wildman–Crippen MR) is 116 cm³/mol. The number of primary amides is 1. The van der Waals surface area contributed by atoms with E-state index in [0.29, 0.717) is 5.56 Å². The van der Waals surface area contributed by atoms with Crippen LogP contribution in [0.4, 0.5) is 0 Å². The molecule has 0 saturated heterocycles. The lowest BCUT2D eigenvalue weighted by Gasteiger charge is -2.13. The van der Waals surface area contributed by atoms with Gasteiger partial charge < -0.3 is 10.3 Å². The highest BCUT2D eigenvalue weighted by molar-refractivity contribution is 6.17. The van der Waals surface area contributed by atoms with E-state index in [2.05, 4.69) is 61.7 Å². The molecule has 0 aliphatic rings. The Kier molecular flexibility index (Phi) is 4.68. The van der Waals surface area contributed by atoms with Crippen LogP contribution in [0.1, 0.15) is 46.0 Å². The third-order valence-corrected chi connectivity index (χ3v) is 5.62. The first-order valence-corrected chi connectivity index (χ1v) is 9.81. The van der Waals surface area contributed by atoms with E-state index in [-0.39, 0.29) is 0 Å². The van der Waals surface area contributed by atoms with Crippen molar-refractivity contribution in [3.8, 4) is 0 Å². The fourth-order valence-corrected chi connectivity index (χ4v) is 4.16. The van der Waals surface area contributed by atoms with Crippen molar-refractivity contribution in [2.75, 3.05) is 0 Å². The smallest absolute Gasteiger partial charge is 0.249 e. The number of nitrogens with zero attached hydrogens (tertiary/aromatic N) is 1. The molecule has 0 unspecified atom stereocenters. The number of hydrogen-bond acceptors (Lipinski definition) is 1. The highest BCUT2D eigenvalue weighted by Gasteiger charge is 2.18. The molecule has 0 aliphatic carbocycles. The highest BCUT2D eigenvalue weighted by atomic mass is 16.1. The molecular weight excluding hydrogens is 344 g/mol. The largest absolute Gasteiger partial charge is 0.366 e. The second-order valence-corrected chi connectivity index (χ2v) is 7.54. The van der Waals surface area contributed by atoms with Crippen LogP contribution < -0.4 is 5.73 Å². The lowest BCUT2D eigenvalue weighted by molar-refractivity contribution is 0.100. The molecule has 3 heteroatoms. The van der Waals surface area contributed by atoms with Crippen LogP contribution in [0.3, 0.4) is 0 Å². The molecule has 0 atom stereocenters. The summed E-state index contributed by atoms with van der Waals surface area (Å²) >= 11 is 0. The summed E-state index contributed by atoms with van der Waals surface area (Å²) in [5.74, 6) is -0.400. The molecule has 141 valence electrons. The van der Waals surface area contributed by atoms with E-state index in [1.807, 2.05) is 12.1 Å². The first kappa shape index (κ1) is 18.3. The normalized spacial score (nSPS) is 11.4. The summed E-state index contributed by atoms with van der Waals surface area (Å²) in [6.07, 6.45) is 2.10. The van der Waals surface area contributed by atoms with Crippen molar-refractivity contribution in [2.24, 2.45) is 5.73 Å². The minimum absolute atomic E-state index is 0.400. The Morgan fingerprint density at radius 3 is 2.46 bits per heavy atom. The number of amides is 1. The molecule has 2 N–H and O–H groups in total. The number of fused-ring (bicyclic) bond motifs is 3. The molecule has 0 bridgehead atoms. The fourth-order valence-electron chi connectivity index (χ4n) is 4.16. The number of carbonyl (C=O) groups is 1. The Morgan fingerprint density at radius 2 is 1.79 bits per heavy atom. The zero-order chi connectivity index (χ0) is 19.8. The van der Waals surface area contributed by atoms with E-state index >= 15 is 0 Å². The molecule has 4 rings (SSSR count). The SMILES string of the molecule is CCCc1c[c]c2c3c(C(N)=O)cccc3n(Cc3c(C)cccc3C)c2c1. The first-order valence-electron chi connectivity index (χ1n) is 9.81. The van der Waals surface area contributed by atoms with Crippen molar-refractivity contribution in [3.63, 3.8) is 0 Å². The van der Waals surface area contributed by atoms with E-state index in [0.717, 1.165) is 41.2 Å². The van der Waals surface area contributed by atoms with Gasteiger partial charge >= 0.3 is 0 Å². The van der Waals surface area contributed by atoms with Gasteiger partial charge in [0.25, 0.3) is 0 Å². The van der Waals surface area contributed by atoms with Crippen LogP contribution in [0.25, 0.3) is 21.8 Å². The average molecular weight is 369 g/mol. The van der Waals surface area contributed by atoms with Crippen molar-refractivity contribution < 1.29 is 4.79 Å². The fraction of sp³-hybridized carbons (Fsp3) is 0.240. The van der Waals surface area contributed by atoms with Gasteiger partial charge in [0.05, 0.1) is 11.0 Å². The lowest BCUT2D eigenvalue weighted by atomic mass is 10.0. The number of nitrogens with two attached hydrogens (primary N) is 1. The topological polar surface area (TPSA) is 48.0 Å². The Bertz CT molecular complexity index is 1180. The van der Waals surface area contributed by atoms with Crippen molar-refractivity contribution >= 4 is 27.7 Å². The van der Waals surface area contributed by atoms with Crippen LogP contribution in [0.2, 0.25) is 0 Å². The Balaban J connectivity index is 2.05. The molecule has 1 heterocycles. The zero-order valence-electron chi connectivity index (χ0n) is 16.7. The predicted octanol–water partition coefficient (Wildman–Crippen LogP) is 5.31. The van der Waals surface area contributed by atoms with E-state index in [4.69, 9.17) is 5.73 Å². The van der Waals surface area contributed by atoms with Crippen LogP contribution in [0, 0.1) is 19.9 Å². The Hall–Kier alpha value is -3.07. The van der Waals surface area contributed by atoms with Gasteiger partial charge in [-0.15, -0.1) is 0 Å². The minimum atomic E-state index is -0.400. The van der Waals surface area contributed by atoms with E-state index in [1.165, 1.54) is 22.3 Å². The van der Waals surface area contributed by atoms with Gasteiger partial charge in [0.2, 0.25) is 5.91 Å². The van der Waals surface area contributed by atoms with Crippen LogP contribution in [0.5, 0.6) is 0 Å². The van der Waals surface area contributed by atoms with Crippen molar-refractivity contribution in [2.45, 2.75) is 40.2 Å². The molecule has 0 saturated carbocycles. The third-order valence-electron chi connectivity index (χ3n) is 5.62. The van der Waals surface area contributed by atoms with Crippen molar-refractivity contribution in [1.82, 2.24) is 4.57 Å². The zero-order valence-corrected chi connectivity index (χ0v) is 16.7. The molecule has 4 aromatic rings. The number of benzene rings is 3. The van der Waals surface area contributed by atoms with Gasteiger partial charge in [-0.05, 0) is 66.8 Å². The molecule has 0 aliphatic heterocycles.